The lowest BCUT2D eigenvalue weighted by molar-refractivity contribution is -0.133. The Hall–Kier alpha value is -1.54. The molecule has 0 saturated heterocycles. The highest BCUT2D eigenvalue weighted by atomic mass is 16.7. The maximum absolute atomic E-state index is 10.5. The van der Waals surface area contributed by atoms with E-state index in [2.05, 4.69) is 16.7 Å². The zero-order valence-electron chi connectivity index (χ0n) is 6.01. The summed E-state index contributed by atoms with van der Waals surface area (Å²) in [7, 11) is 0. The molecule has 0 rings (SSSR count). The van der Waals surface area contributed by atoms with Crippen molar-refractivity contribution in [3.63, 3.8) is 0 Å². The largest absolute Gasteiger partial charge is 0.368 e. The van der Waals surface area contributed by atoms with Crippen LogP contribution in [0.3, 0.4) is 0 Å². The van der Waals surface area contributed by atoms with E-state index in [0.29, 0.717) is 0 Å². The van der Waals surface area contributed by atoms with Gasteiger partial charge in [0.05, 0.1) is 0 Å². The topological polar surface area (TPSA) is 81.4 Å². The molecule has 0 bridgehead atoms. The lowest BCUT2D eigenvalue weighted by Gasteiger charge is -1.97. The number of hydroxylamine groups is 1. The van der Waals surface area contributed by atoms with Gasteiger partial charge in [-0.25, -0.2) is 5.48 Å². The summed E-state index contributed by atoms with van der Waals surface area (Å²) in [4.78, 5) is 24.8. The summed E-state index contributed by atoms with van der Waals surface area (Å²) in [6.45, 7) is 1.16. The van der Waals surface area contributed by atoms with Crippen molar-refractivity contribution in [1.29, 1.82) is 0 Å². The van der Waals surface area contributed by atoms with Gasteiger partial charge in [-0.1, -0.05) is 5.92 Å². The maximum Gasteiger partial charge on any atom is 0.319 e. The number of carbonyl (C=O) groups excluding carboxylic acids is 2. The molecule has 0 aromatic carbocycles. The predicted octanol–water partition coefficient (Wildman–Crippen LogP) is -1.46. The van der Waals surface area contributed by atoms with Crippen LogP contribution >= 0.6 is 0 Å². The minimum absolute atomic E-state index is 0.350. The van der Waals surface area contributed by atoms with Crippen LogP contribution in [0.2, 0.25) is 0 Å². The van der Waals surface area contributed by atoms with Gasteiger partial charge in [0, 0.05) is 0 Å². The molecule has 60 valence electrons. The fourth-order valence-corrected chi connectivity index (χ4v) is 0.312. The summed E-state index contributed by atoms with van der Waals surface area (Å²) in [6, 6.07) is 0. The molecular weight excluding hydrogens is 148 g/mol. The molecule has 3 N–H and O–H groups in total. The van der Waals surface area contributed by atoms with Crippen molar-refractivity contribution in [2.45, 2.75) is 6.92 Å². The molecule has 0 aliphatic heterocycles. The number of nitrogens with one attached hydrogen (secondary N) is 1. The quantitative estimate of drug-likeness (QED) is 0.387. The Morgan fingerprint density at radius 3 is 2.73 bits per heavy atom. The first-order valence-electron chi connectivity index (χ1n) is 2.79. The molecule has 5 heteroatoms. The highest BCUT2D eigenvalue weighted by molar-refractivity contribution is 5.92. The minimum atomic E-state index is -0.658. The molecule has 0 aliphatic rings. The van der Waals surface area contributed by atoms with Crippen LogP contribution in [0.5, 0.6) is 0 Å². The van der Waals surface area contributed by atoms with Crippen LogP contribution in [0.1, 0.15) is 6.92 Å². The SMILES string of the molecule is CC#CC(=O)NOCC(N)=O. The first-order chi connectivity index (χ1) is 5.16. The van der Waals surface area contributed by atoms with Crippen molar-refractivity contribution >= 4 is 11.8 Å². The molecule has 11 heavy (non-hydrogen) atoms. The Morgan fingerprint density at radius 1 is 1.64 bits per heavy atom. The fourth-order valence-electron chi connectivity index (χ4n) is 0.312. The lowest BCUT2D eigenvalue weighted by Crippen LogP contribution is -2.28. The van der Waals surface area contributed by atoms with Crippen LogP contribution in [-0.4, -0.2) is 18.4 Å². The van der Waals surface area contributed by atoms with Gasteiger partial charge in [-0.2, -0.15) is 0 Å². The molecule has 0 atom stereocenters. The standard InChI is InChI=1S/C6H8N2O3/c1-2-3-6(10)8-11-4-5(7)9/h4H2,1H3,(H2,7,9)(H,8,10). The second-order valence-electron chi connectivity index (χ2n) is 1.56. The molecule has 0 radical (unpaired) electrons. The summed E-state index contributed by atoms with van der Waals surface area (Å²) >= 11 is 0. The van der Waals surface area contributed by atoms with Crippen LogP contribution in [-0.2, 0) is 14.4 Å². The number of rotatable bonds is 3. The smallest absolute Gasteiger partial charge is 0.319 e. The third kappa shape index (κ3) is 6.34. The van der Waals surface area contributed by atoms with E-state index in [1.54, 1.807) is 0 Å². The first kappa shape index (κ1) is 9.46. The lowest BCUT2D eigenvalue weighted by atomic mass is 10.6. The van der Waals surface area contributed by atoms with Crippen LogP contribution in [0, 0.1) is 11.8 Å². The van der Waals surface area contributed by atoms with Crippen molar-refractivity contribution in [3.05, 3.63) is 0 Å². The monoisotopic (exact) mass is 156 g/mol. The molecule has 0 aromatic rings. The summed E-state index contributed by atoms with van der Waals surface area (Å²) in [5.41, 5.74) is 6.60. The van der Waals surface area contributed by atoms with E-state index >= 15 is 0 Å². The molecule has 0 aromatic heterocycles. The van der Waals surface area contributed by atoms with E-state index in [4.69, 9.17) is 5.73 Å². The molecule has 0 heterocycles. The van der Waals surface area contributed by atoms with E-state index in [-0.39, 0.29) is 6.61 Å². The molecule has 2 amide bonds. The Balaban J connectivity index is 3.44. The van der Waals surface area contributed by atoms with E-state index in [1.165, 1.54) is 6.92 Å². The van der Waals surface area contributed by atoms with Gasteiger partial charge in [-0.3, -0.25) is 14.4 Å². The summed E-state index contributed by atoms with van der Waals surface area (Å²) in [5.74, 6) is 3.23. The van der Waals surface area contributed by atoms with E-state index in [0.717, 1.165) is 0 Å². The van der Waals surface area contributed by atoms with Crippen molar-refractivity contribution in [3.8, 4) is 11.8 Å². The average Bonchev–Trinajstić information content (AvgIpc) is 1.87. The van der Waals surface area contributed by atoms with Crippen molar-refractivity contribution < 1.29 is 14.4 Å². The van der Waals surface area contributed by atoms with Crippen molar-refractivity contribution in [2.24, 2.45) is 5.73 Å². The molecule has 0 fully saturated rings. The van der Waals surface area contributed by atoms with Crippen molar-refractivity contribution in [2.75, 3.05) is 6.61 Å². The molecule has 0 saturated carbocycles. The summed E-state index contributed by atoms with van der Waals surface area (Å²) in [6.07, 6.45) is 0. The third-order valence-corrected chi connectivity index (χ3v) is 0.618. The number of carbonyl (C=O) groups is 2. The van der Waals surface area contributed by atoms with Crippen LogP contribution < -0.4 is 11.2 Å². The maximum atomic E-state index is 10.5. The average molecular weight is 156 g/mol. The zero-order valence-corrected chi connectivity index (χ0v) is 6.01. The number of primary amides is 1. The molecule has 0 aliphatic carbocycles. The number of nitrogens with two attached hydrogens (primary N) is 1. The zero-order chi connectivity index (χ0) is 8.69. The van der Waals surface area contributed by atoms with Crippen LogP contribution in [0.15, 0.2) is 0 Å². The van der Waals surface area contributed by atoms with E-state index in [1.807, 2.05) is 5.48 Å². The van der Waals surface area contributed by atoms with Gasteiger partial charge < -0.3 is 5.73 Å². The van der Waals surface area contributed by atoms with Gasteiger partial charge in [-0.05, 0) is 12.8 Å². The normalized spacial score (nSPS) is 7.73. The highest BCUT2D eigenvalue weighted by Crippen LogP contribution is 1.66. The second-order valence-corrected chi connectivity index (χ2v) is 1.56. The number of hydrogen-bond donors (Lipinski definition) is 2. The van der Waals surface area contributed by atoms with Crippen molar-refractivity contribution in [1.82, 2.24) is 5.48 Å². The van der Waals surface area contributed by atoms with E-state index in [9.17, 15) is 9.59 Å². The molecule has 0 unspecified atom stereocenters. The first-order valence-corrected chi connectivity index (χ1v) is 2.79. The second kappa shape index (κ2) is 5.26. The summed E-state index contributed by atoms with van der Waals surface area (Å²) in [5, 5.41) is 0. The summed E-state index contributed by atoms with van der Waals surface area (Å²) < 4.78 is 0. The van der Waals surface area contributed by atoms with Gasteiger partial charge in [0.1, 0.15) is 0 Å². The Morgan fingerprint density at radius 2 is 2.27 bits per heavy atom. The Kier molecular flexibility index (Phi) is 4.52. The van der Waals surface area contributed by atoms with Gasteiger partial charge >= 0.3 is 5.91 Å². The predicted molar refractivity (Wildman–Crippen MR) is 36.7 cm³/mol. The van der Waals surface area contributed by atoms with Gasteiger partial charge in [0.15, 0.2) is 6.61 Å². The third-order valence-electron chi connectivity index (χ3n) is 0.618. The Labute approximate surface area is 63.8 Å². The fraction of sp³-hybridized carbons (Fsp3) is 0.333. The van der Waals surface area contributed by atoms with E-state index < -0.39 is 11.8 Å². The van der Waals surface area contributed by atoms with Crippen LogP contribution in [0.25, 0.3) is 0 Å². The molecular formula is C6H8N2O3. The minimum Gasteiger partial charge on any atom is -0.368 e. The molecule has 5 nitrogen and oxygen atoms in total. The van der Waals surface area contributed by atoms with Gasteiger partial charge in [0.2, 0.25) is 5.91 Å². The number of amides is 2. The highest BCUT2D eigenvalue weighted by Gasteiger charge is 1.96. The number of hydrogen-bond acceptors (Lipinski definition) is 3. The van der Waals surface area contributed by atoms with Gasteiger partial charge in [-0.15, -0.1) is 0 Å². The van der Waals surface area contributed by atoms with Gasteiger partial charge in [0.25, 0.3) is 0 Å². The Bertz CT molecular complexity index is 214. The molecule has 0 spiro atoms. The van der Waals surface area contributed by atoms with Crippen LogP contribution in [0.4, 0.5) is 0 Å².